The van der Waals surface area contributed by atoms with Gasteiger partial charge in [0, 0.05) is 18.3 Å². The predicted octanol–water partition coefficient (Wildman–Crippen LogP) is 1.98. The molecule has 1 atom stereocenters. The Labute approximate surface area is 89.1 Å². The van der Waals surface area contributed by atoms with Gasteiger partial charge in [-0.15, -0.1) is 0 Å². The summed E-state index contributed by atoms with van der Waals surface area (Å²) in [7, 11) is 0. The molecule has 0 radical (unpaired) electrons. The summed E-state index contributed by atoms with van der Waals surface area (Å²) >= 11 is 0. The molecule has 0 spiro atoms. The number of nitrogens with two attached hydrogens (primary N) is 1. The first-order chi connectivity index (χ1) is 7.13. The van der Waals surface area contributed by atoms with Crippen LogP contribution in [-0.4, -0.2) is 17.8 Å². The zero-order chi connectivity index (χ0) is 11.3. The molecule has 0 bridgehead atoms. The minimum Gasteiger partial charge on any atom is -0.399 e. The lowest BCUT2D eigenvalue weighted by Crippen LogP contribution is -2.16. The molecular weight excluding hydrogens is 195 g/mol. The van der Waals surface area contributed by atoms with Gasteiger partial charge in [0.1, 0.15) is 5.82 Å². The summed E-state index contributed by atoms with van der Waals surface area (Å²) in [6, 6.07) is 4.71. The number of benzene rings is 1. The summed E-state index contributed by atoms with van der Waals surface area (Å²) in [6.45, 7) is 2.11. The molecule has 0 saturated heterocycles. The van der Waals surface area contributed by atoms with Crippen LogP contribution in [0, 0.1) is 5.82 Å². The molecule has 1 aromatic carbocycles. The Morgan fingerprint density at radius 2 is 2.27 bits per heavy atom. The lowest BCUT2D eigenvalue weighted by atomic mass is 10.1. The van der Waals surface area contributed by atoms with Crippen LogP contribution in [0.5, 0.6) is 0 Å². The summed E-state index contributed by atoms with van der Waals surface area (Å²) in [6.07, 6.45) is 1.52. The van der Waals surface area contributed by atoms with E-state index in [1.54, 1.807) is 12.1 Å². The molecule has 0 aliphatic rings. The maximum absolute atomic E-state index is 13.3. The third kappa shape index (κ3) is 3.75. The Kier molecular flexibility index (Phi) is 4.37. The van der Waals surface area contributed by atoms with Gasteiger partial charge < -0.3 is 16.2 Å². The van der Waals surface area contributed by atoms with Crippen molar-refractivity contribution in [3.8, 4) is 0 Å². The molecule has 1 unspecified atom stereocenters. The smallest absolute Gasteiger partial charge is 0.148 e. The Balaban J connectivity index is 2.56. The van der Waals surface area contributed by atoms with Gasteiger partial charge in [-0.2, -0.15) is 0 Å². The maximum atomic E-state index is 13.3. The second-order valence-corrected chi connectivity index (χ2v) is 3.65. The Hall–Kier alpha value is -1.29. The van der Waals surface area contributed by atoms with Crippen LogP contribution in [0.15, 0.2) is 18.2 Å². The molecule has 0 aliphatic heterocycles. The van der Waals surface area contributed by atoms with E-state index in [1.807, 2.05) is 6.92 Å². The van der Waals surface area contributed by atoms with Crippen molar-refractivity contribution in [2.45, 2.75) is 25.8 Å². The van der Waals surface area contributed by atoms with Crippen molar-refractivity contribution in [3.05, 3.63) is 24.0 Å². The van der Waals surface area contributed by atoms with E-state index in [-0.39, 0.29) is 18.5 Å². The van der Waals surface area contributed by atoms with E-state index >= 15 is 0 Å². The highest BCUT2D eigenvalue weighted by Gasteiger charge is 2.06. The average Bonchev–Trinajstić information content (AvgIpc) is 2.19. The van der Waals surface area contributed by atoms with Gasteiger partial charge >= 0.3 is 0 Å². The zero-order valence-electron chi connectivity index (χ0n) is 8.83. The fraction of sp³-hybridized carbons (Fsp3) is 0.455. The zero-order valence-corrected chi connectivity index (χ0v) is 8.83. The van der Waals surface area contributed by atoms with Crippen LogP contribution >= 0.6 is 0 Å². The van der Waals surface area contributed by atoms with E-state index in [0.717, 1.165) is 6.42 Å². The summed E-state index contributed by atoms with van der Waals surface area (Å²) < 4.78 is 13.3. The van der Waals surface area contributed by atoms with E-state index in [2.05, 4.69) is 5.32 Å². The highest BCUT2D eigenvalue weighted by molar-refractivity contribution is 5.52. The van der Waals surface area contributed by atoms with Crippen LogP contribution in [0.3, 0.4) is 0 Å². The Morgan fingerprint density at radius 1 is 1.53 bits per heavy atom. The summed E-state index contributed by atoms with van der Waals surface area (Å²) in [5.74, 6) is -0.342. The van der Waals surface area contributed by atoms with Crippen molar-refractivity contribution in [3.63, 3.8) is 0 Å². The van der Waals surface area contributed by atoms with Crippen molar-refractivity contribution in [1.82, 2.24) is 0 Å². The quantitative estimate of drug-likeness (QED) is 0.654. The van der Waals surface area contributed by atoms with Gasteiger partial charge in [0.15, 0.2) is 0 Å². The standard InChI is InChI=1S/C11H17FN2O/c1-8(3-2-6-15)14-11-5-4-9(13)7-10(11)12/h4-5,7-8,14-15H,2-3,6,13H2,1H3. The lowest BCUT2D eigenvalue weighted by molar-refractivity contribution is 0.282. The van der Waals surface area contributed by atoms with E-state index < -0.39 is 0 Å². The highest BCUT2D eigenvalue weighted by atomic mass is 19.1. The van der Waals surface area contributed by atoms with Gasteiger partial charge in [0.05, 0.1) is 5.69 Å². The fourth-order valence-electron chi connectivity index (χ4n) is 1.38. The molecule has 0 aromatic heterocycles. The average molecular weight is 212 g/mol. The number of rotatable bonds is 5. The SMILES string of the molecule is CC(CCCO)Nc1ccc(N)cc1F. The van der Waals surface area contributed by atoms with Crippen LogP contribution in [0.4, 0.5) is 15.8 Å². The Bertz CT molecular complexity index is 317. The topological polar surface area (TPSA) is 58.3 Å². The number of nitrogen functional groups attached to an aromatic ring is 1. The summed E-state index contributed by atoms with van der Waals surface area (Å²) in [5.41, 5.74) is 6.31. The van der Waals surface area contributed by atoms with Crippen molar-refractivity contribution in [2.24, 2.45) is 0 Å². The van der Waals surface area contributed by atoms with Gasteiger partial charge in [0.25, 0.3) is 0 Å². The molecule has 0 amide bonds. The summed E-state index contributed by atoms with van der Waals surface area (Å²) in [4.78, 5) is 0. The second-order valence-electron chi connectivity index (χ2n) is 3.65. The van der Waals surface area contributed by atoms with Crippen molar-refractivity contribution in [2.75, 3.05) is 17.7 Å². The van der Waals surface area contributed by atoms with Crippen LogP contribution in [0.25, 0.3) is 0 Å². The van der Waals surface area contributed by atoms with E-state index in [0.29, 0.717) is 17.8 Å². The minimum absolute atomic E-state index is 0.135. The van der Waals surface area contributed by atoms with Crippen LogP contribution in [-0.2, 0) is 0 Å². The molecule has 4 heteroatoms. The number of anilines is 2. The minimum atomic E-state index is -0.342. The summed E-state index contributed by atoms with van der Waals surface area (Å²) in [5, 5.41) is 11.7. The van der Waals surface area contributed by atoms with Gasteiger partial charge in [-0.3, -0.25) is 0 Å². The van der Waals surface area contributed by atoms with Crippen LogP contribution in [0.1, 0.15) is 19.8 Å². The Morgan fingerprint density at radius 3 is 2.87 bits per heavy atom. The lowest BCUT2D eigenvalue weighted by Gasteiger charge is -2.15. The van der Waals surface area contributed by atoms with Crippen molar-refractivity contribution >= 4 is 11.4 Å². The molecule has 0 aliphatic carbocycles. The van der Waals surface area contributed by atoms with Gasteiger partial charge in [-0.05, 0) is 38.0 Å². The fourth-order valence-corrected chi connectivity index (χ4v) is 1.38. The van der Waals surface area contributed by atoms with Crippen molar-refractivity contribution in [1.29, 1.82) is 0 Å². The first-order valence-electron chi connectivity index (χ1n) is 5.06. The monoisotopic (exact) mass is 212 g/mol. The number of aliphatic hydroxyl groups excluding tert-OH is 1. The molecule has 1 rings (SSSR count). The van der Waals surface area contributed by atoms with Gasteiger partial charge in [-0.25, -0.2) is 4.39 Å². The van der Waals surface area contributed by atoms with Crippen LogP contribution < -0.4 is 11.1 Å². The molecule has 0 heterocycles. The molecule has 0 fully saturated rings. The van der Waals surface area contributed by atoms with Crippen LogP contribution in [0.2, 0.25) is 0 Å². The largest absolute Gasteiger partial charge is 0.399 e. The van der Waals surface area contributed by atoms with Gasteiger partial charge in [-0.1, -0.05) is 0 Å². The molecule has 1 aromatic rings. The molecule has 3 nitrogen and oxygen atoms in total. The molecular formula is C11H17FN2O. The number of halogens is 1. The molecule has 84 valence electrons. The first kappa shape index (κ1) is 11.8. The predicted molar refractivity (Wildman–Crippen MR) is 60.2 cm³/mol. The number of hydrogen-bond donors (Lipinski definition) is 3. The highest BCUT2D eigenvalue weighted by Crippen LogP contribution is 2.18. The third-order valence-electron chi connectivity index (χ3n) is 2.19. The van der Waals surface area contributed by atoms with E-state index in [1.165, 1.54) is 6.07 Å². The number of hydrogen-bond acceptors (Lipinski definition) is 3. The maximum Gasteiger partial charge on any atom is 0.148 e. The van der Waals surface area contributed by atoms with Crippen molar-refractivity contribution < 1.29 is 9.50 Å². The third-order valence-corrected chi connectivity index (χ3v) is 2.19. The number of aliphatic hydroxyl groups is 1. The molecule has 0 saturated carbocycles. The normalized spacial score (nSPS) is 12.5. The number of nitrogens with one attached hydrogen (secondary N) is 1. The molecule has 4 N–H and O–H groups in total. The first-order valence-corrected chi connectivity index (χ1v) is 5.06. The van der Waals surface area contributed by atoms with E-state index in [9.17, 15) is 4.39 Å². The van der Waals surface area contributed by atoms with E-state index in [4.69, 9.17) is 10.8 Å². The second kappa shape index (κ2) is 5.56. The molecule has 15 heavy (non-hydrogen) atoms. The van der Waals surface area contributed by atoms with Gasteiger partial charge in [0.2, 0.25) is 0 Å².